The zero-order valence-electron chi connectivity index (χ0n) is 6.95. The van der Waals surface area contributed by atoms with Crippen LogP contribution in [0.25, 0.3) is 0 Å². The quantitative estimate of drug-likeness (QED) is 0.213. The molecule has 0 aromatic heterocycles. The van der Waals surface area contributed by atoms with E-state index >= 15 is 0 Å². The predicted molar refractivity (Wildman–Crippen MR) is 41.2 cm³/mol. The summed E-state index contributed by atoms with van der Waals surface area (Å²) >= 11 is 0. The second-order valence-corrected chi connectivity index (χ2v) is 2.79. The molecule has 7 heteroatoms. The standard InChI is InChI=1S/C6H5O.Na.H3O4P/c7-6-4-2-1-3-5-6;;1-5(2,3)4/h1-4,7H;;(H3,1,2,3,4)/q-1;+1;. The van der Waals surface area contributed by atoms with Gasteiger partial charge in [-0.25, -0.2) is 4.57 Å². The van der Waals surface area contributed by atoms with Crippen LogP contribution in [-0.2, 0) is 4.57 Å². The van der Waals surface area contributed by atoms with Crippen molar-refractivity contribution in [2.75, 3.05) is 0 Å². The molecule has 0 amide bonds. The van der Waals surface area contributed by atoms with Crippen LogP contribution in [-0.4, -0.2) is 19.8 Å². The fourth-order valence-electron chi connectivity index (χ4n) is 0.384. The van der Waals surface area contributed by atoms with Crippen LogP contribution >= 0.6 is 7.82 Å². The van der Waals surface area contributed by atoms with Crippen LogP contribution in [0.4, 0.5) is 0 Å². The molecule has 0 saturated heterocycles. The second kappa shape index (κ2) is 7.53. The fourth-order valence-corrected chi connectivity index (χ4v) is 0.384. The molecule has 1 aromatic carbocycles. The molecule has 0 spiro atoms. The number of benzene rings is 1. The van der Waals surface area contributed by atoms with Crippen LogP contribution in [0, 0.1) is 6.07 Å². The molecule has 0 heterocycles. The number of phenols is 1. The first-order valence-electron chi connectivity index (χ1n) is 2.83. The van der Waals surface area contributed by atoms with Gasteiger partial charge in [0.05, 0.1) is 0 Å². The third kappa shape index (κ3) is 18.8. The maximum absolute atomic E-state index is 8.88. The smallest absolute Gasteiger partial charge is 0.534 e. The van der Waals surface area contributed by atoms with Crippen LogP contribution in [0.5, 0.6) is 5.75 Å². The first-order valence-corrected chi connectivity index (χ1v) is 4.40. The molecule has 0 radical (unpaired) electrons. The molecule has 0 aliphatic carbocycles. The normalized spacial score (nSPS) is 9.15. The third-order valence-corrected chi connectivity index (χ3v) is 0.693. The number of rotatable bonds is 0. The van der Waals surface area contributed by atoms with Gasteiger partial charge in [0.2, 0.25) is 0 Å². The SMILES string of the molecule is O=P(O)(O)O.Oc1[c-]cccc1.[Na+]. The summed E-state index contributed by atoms with van der Waals surface area (Å²) in [6, 6.07) is 9.39. The average molecular weight is 214 g/mol. The van der Waals surface area contributed by atoms with Crippen molar-refractivity contribution in [2.24, 2.45) is 0 Å². The largest absolute Gasteiger partial charge is 1.00 e. The third-order valence-electron chi connectivity index (χ3n) is 0.693. The fraction of sp³-hybridized carbons (Fsp3) is 0. The van der Waals surface area contributed by atoms with E-state index in [1.807, 2.05) is 0 Å². The molecule has 0 saturated carbocycles. The van der Waals surface area contributed by atoms with Gasteiger partial charge >= 0.3 is 37.4 Å². The Kier molecular flexibility index (Phi) is 9.03. The molecule has 68 valence electrons. The van der Waals surface area contributed by atoms with Crippen molar-refractivity contribution in [3.05, 3.63) is 30.3 Å². The van der Waals surface area contributed by atoms with Gasteiger partial charge in [0, 0.05) is 5.75 Å². The van der Waals surface area contributed by atoms with Gasteiger partial charge in [-0.15, -0.1) is 12.1 Å². The van der Waals surface area contributed by atoms with E-state index in [4.69, 9.17) is 24.4 Å². The zero-order valence-corrected chi connectivity index (χ0v) is 9.85. The van der Waals surface area contributed by atoms with Gasteiger partial charge in [-0.05, 0) is 0 Å². The molecule has 0 bridgehead atoms. The van der Waals surface area contributed by atoms with Crippen molar-refractivity contribution in [3.8, 4) is 5.75 Å². The molecule has 4 N–H and O–H groups in total. The van der Waals surface area contributed by atoms with Crippen LogP contribution in [0.2, 0.25) is 0 Å². The Balaban J connectivity index is 0. The molecular formula is C6H8NaO5P. The Hall–Kier alpha value is 0.130. The van der Waals surface area contributed by atoms with Gasteiger partial charge in [-0.3, -0.25) is 0 Å². The van der Waals surface area contributed by atoms with Crippen molar-refractivity contribution in [3.63, 3.8) is 0 Å². The van der Waals surface area contributed by atoms with Gasteiger partial charge in [-0.2, -0.15) is 18.2 Å². The van der Waals surface area contributed by atoms with Crippen molar-refractivity contribution < 1.29 is 53.9 Å². The van der Waals surface area contributed by atoms with E-state index in [0.29, 0.717) is 0 Å². The number of para-hydroxylation sites is 1. The summed E-state index contributed by atoms with van der Waals surface area (Å²) in [5, 5.41) is 8.58. The van der Waals surface area contributed by atoms with E-state index in [0.717, 1.165) is 0 Å². The van der Waals surface area contributed by atoms with Crippen molar-refractivity contribution in [1.29, 1.82) is 0 Å². The Morgan fingerprint density at radius 3 is 1.85 bits per heavy atom. The molecule has 0 unspecified atom stereocenters. The van der Waals surface area contributed by atoms with E-state index in [2.05, 4.69) is 6.07 Å². The summed E-state index contributed by atoms with van der Waals surface area (Å²) in [6.45, 7) is 0. The van der Waals surface area contributed by atoms with Crippen molar-refractivity contribution >= 4 is 7.82 Å². The molecule has 0 aliphatic heterocycles. The molecule has 0 fully saturated rings. The number of hydrogen-bond acceptors (Lipinski definition) is 2. The zero-order chi connectivity index (χ0) is 9.61. The van der Waals surface area contributed by atoms with Crippen LogP contribution < -0.4 is 29.6 Å². The van der Waals surface area contributed by atoms with Gasteiger partial charge in [0.25, 0.3) is 0 Å². The van der Waals surface area contributed by atoms with Crippen LogP contribution in [0.3, 0.4) is 0 Å². The second-order valence-electron chi connectivity index (χ2n) is 1.76. The topological polar surface area (TPSA) is 98.0 Å². The van der Waals surface area contributed by atoms with E-state index < -0.39 is 7.82 Å². The maximum atomic E-state index is 8.88. The summed E-state index contributed by atoms with van der Waals surface area (Å²) in [5.41, 5.74) is 0. The minimum Gasteiger partial charge on any atom is -0.534 e. The van der Waals surface area contributed by atoms with Gasteiger partial charge in [-0.1, -0.05) is 0 Å². The maximum Gasteiger partial charge on any atom is 1.00 e. The minimum absolute atomic E-state index is 0. The Morgan fingerprint density at radius 1 is 1.23 bits per heavy atom. The Morgan fingerprint density at radius 2 is 1.69 bits per heavy atom. The first kappa shape index (κ1) is 15.6. The summed E-state index contributed by atoms with van der Waals surface area (Å²) < 4.78 is 8.88. The summed E-state index contributed by atoms with van der Waals surface area (Å²) in [6.07, 6.45) is 0. The molecule has 0 atom stereocenters. The predicted octanol–water partition coefficient (Wildman–Crippen LogP) is -2.73. The summed E-state index contributed by atoms with van der Waals surface area (Å²) in [4.78, 5) is 21.6. The number of hydrogen-bond donors (Lipinski definition) is 4. The Bertz CT molecular complexity index is 251. The van der Waals surface area contributed by atoms with E-state index in [1.165, 1.54) is 0 Å². The molecular weight excluding hydrogens is 206 g/mol. The first-order chi connectivity index (χ1) is 5.39. The van der Waals surface area contributed by atoms with Gasteiger partial charge in [0.15, 0.2) is 0 Å². The molecule has 13 heavy (non-hydrogen) atoms. The van der Waals surface area contributed by atoms with Gasteiger partial charge < -0.3 is 19.8 Å². The van der Waals surface area contributed by atoms with Crippen LogP contribution in [0.1, 0.15) is 0 Å². The Labute approximate surface area is 97.6 Å². The molecule has 1 rings (SSSR count). The van der Waals surface area contributed by atoms with Gasteiger partial charge in [0.1, 0.15) is 0 Å². The summed E-state index contributed by atoms with van der Waals surface area (Å²) in [7, 11) is -4.64. The molecule has 0 aliphatic rings. The van der Waals surface area contributed by atoms with Crippen LogP contribution in [0.15, 0.2) is 24.3 Å². The number of phenolic OH excluding ortho intramolecular Hbond substituents is 1. The molecule has 5 nitrogen and oxygen atoms in total. The van der Waals surface area contributed by atoms with E-state index in [-0.39, 0.29) is 35.3 Å². The summed E-state index contributed by atoms with van der Waals surface area (Å²) in [5.74, 6) is 0.197. The minimum atomic E-state index is -4.64. The van der Waals surface area contributed by atoms with E-state index in [1.54, 1.807) is 24.3 Å². The number of phosphoric acid groups is 1. The van der Waals surface area contributed by atoms with E-state index in [9.17, 15) is 0 Å². The molecule has 1 aromatic rings. The number of aromatic hydroxyl groups is 1. The van der Waals surface area contributed by atoms with Crippen molar-refractivity contribution in [2.45, 2.75) is 0 Å². The van der Waals surface area contributed by atoms with Crippen molar-refractivity contribution in [1.82, 2.24) is 0 Å². The average Bonchev–Trinajstić information content (AvgIpc) is 1.85. The monoisotopic (exact) mass is 214 g/mol.